The Morgan fingerprint density at radius 1 is 1.10 bits per heavy atom. The molecule has 0 amide bonds. The molecule has 2 heterocycles. The Bertz CT molecular complexity index is 1220. The Balaban J connectivity index is 1.22. The molecule has 1 spiro atoms. The number of allylic oxidation sites excluding steroid dienone is 1. The zero-order valence-electron chi connectivity index (χ0n) is 24.5. The number of ketones is 1. The predicted molar refractivity (Wildman–Crippen MR) is 144 cm³/mol. The van der Waals surface area contributed by atoms with Crippen molar-refractivity contribution in [3.05, 3.63) is 23.3 Å². The molecule has 8 nitrogen and oxygen atoms in total. The lowest BCUT2D eigenvalue weighted by molar-refractivity contribution is -0.166. The van der Waals surface area contributed by atoms with Gasteiger partial charge in [-0.2, -0.15) is 0 Å². The van der Waals surface area contributed by atoms with Crippen LogP contribution in [0.3, 0.4) is 0 Å². The van der Waals surface area contributed by atoms with Gasteiger partial charge in [0.25, 0.3) is 0 Å². The SMILES string of the molecule is CC(=O)OCC1=C(C)C[C@H]([C@@H](C)[C@H]2CC[C@H]3[C@@H]4C[C@H]5O[C@]56[C@@H](OC(C)=O)C=CC(=O)[C@]6(C)[C@H]4CC[C@]23C)OC1=O. The Kier molecular flexibility index (Phi) is 6.41. The van der Waals surface area contributed by atoms with E-state index in [9.17, 15) is 19.2 Å². The van der Waals surface area contributed by atoms with E-state index in [1.54, 1.807) is 12.2 Å². The summed E-state index contributed by atoms with van der Waals surface area (Å²) in [4.78, 5) is 49.7. The number of carbonyl (C=O) groups excluding carboxylic acids is 4. The molecule has 2 aliphatic heterocycles. The number of carbonyl (C=O) groups is 4. The molecule has 40 heavy (non-hydrogen) atoms. The standard InChI is InChI=1S/C32H42O8/c1-16-13-25(39-29(36)21(16)15-37-18(3)33)17(2)22-7-8-23-20-14-28-32(40-28)27(38-19(4)34)10-9-26(35)31(32,6)24(20)11-12-30(22,23)5/h9-10,17,20,22-25,27-28H,7-8,11-15H2,1-6H3/t17-,20-,22+,23-,24-,25+,27-,28+,30+,31-,32+/m0/s1. The van der Waals surface area contributed by atoms with E-state index in [1.165, 1.54) is 13.8 Å². The largest absolute Gasteiger partial charge is 0.461 e. The van der Waals surface area contributed by atoms with E-state index in [0.717, 1.165) is 37.7 Å². The third-order valence-corrected chi connectivity index (χ3v) is 12.1. The van der Waals surface area contributed by atoms with Crippen LogP contribution in [0.4, 0.5) is 0 Å². The Morgan fingerprint density at radius 3 is 2.52 bits per heavy atom. The molecule has 218 valence electrons. The lowest BCUT2D eigenvalue weighted by Crippen LogP contribution is -2.64. The molecule has 0 aromatic rings. The van der Waals surface area contributed by atoms with Gasteiger partial charge in [-0.05, 0) is 93.1 Å². The summed E-state index contributed by atoms with van der Waals surface area (Å²) in [5, 5.41) is 0. The first-order chi connectivity index (χ1) is 18.8. The number of esters is 3. The summed E-state index contributed by atoms with van der Waals surface area (Å²) < 4.78 is 23.2. The number of fused-ring (bicyclic) bond motifs is 4. The number of epoxide rings is 1. The van der Waals surface area contributed by atoms with E-state index in [-0.39, 0.29) is 53.8 Å². The molecule has 6 rings (SSSR count). The van der Waals surface area contributed by atoms with Crippen molar-refractivity contribution < 1.29 is 38.1 Å². The number of hydrogen-bond acceptors (Lipinski definition) is 8. The second-order valence-electron chi connectivity index (χ2n) is 13.7. The molecule has 0 radical (unpaired) electrons. The summed E-state index contributed by atoms with van der Waals surface area (Å²) in [6, 6.07) is 0. The van der Waals surface area contributed by atoms with Gasteiger partial charge in [0, 0.05) is 20.3 Å². The Morgan fingerprint density at radius 2 is 1.85 bits per heavy atom. The summed E-state index contributed by atoms with van der Waals surface area (Å²) in [7, 11) is 0. The number of ether oxygens (including phenoxy) is 4. The predicted octanol–water partition coefficient (Wildman–Crippen LogP) is 4.49. The molecular weight excluding hydrogens is 512 g/mol. The molecule has 4 aliphatic carbocycles. The molecule has 11 atom stereocenters. The lowest BCUT2D eigenvalue weighted by Gasteiger charge is -2.58. The number of rotatable bonds is 5. The van der Waals surface area contributed by atoms with Crippen LogP contribution in [0.25, 0.3) is 0 Å². The van der Waals surface area contributed by atoms with Gasteiger partial charge >= 0.3 is 17.9 Å². The molecule has 4 fully saturated rings. The summed E-state index contributed by atoms with van der Waals surface area (Å²) in [6.45, 7) is 11.4. The van der Waals surface area contributed by atoms with Gasteiger partial charge in [-0.1, -0.05) is 19.4 Å². The molecule has 0 aromatic carbocycles. The zero-order valence-corrected chi connectivity index (χ0v) is 24.5. The molecule has 3 saturated carbocycles. The summed E-state index contributed by atoms with van der Waals surface area (Å²) >= 11 is 0. The average molecular weight is 555 g/mol. The molecule has 0 N–H and O–H groups in total. The highest BCUT2D eigenvalue weighted by Crippen LogP contribution is 2.73. The van der Waals surface area contributed by atoms with Crippen molar-refractivity contribution in [2.75, 3.05) is 6.61 Å². The van der Waals surface area contributed by atoms with Crippen molar-refractivity contribution in [2.45, 2.75) is 104 Å². The Labute approximate surface area is 236 Å². The van der Waals surface area contributed by atoms with Crippen LogP contribution in [0.5, 0.6) is 0 Å². The van der Waals surface area contributed by atoms with Gasteiger partial charge in [-0.25, -0.2) is 4.79 Å². The number of hydrogen-bond donors (Lipinski definition) is 0. The van der Waals surface area contributed by atoms with Crippen LogP contribution in [0, 0.1) is 40.4 Å². The minimum absolute atomic E-state index is 0.0386. The van der Waals surface area contributed by atoms with Crippen molar-refractivity contribution in [1.29, 1.82) is 0 Å². The van der Waals surface area contributed by atoms with Crippen molar-refractivity contribution in [3.63, 3.8) is 0 Å². The first-order valence-corrected chi connectivity index (χ1v) is 14.9. The van der Waals surface area contributed by atoms with Crippen LogP contribution in [0.1, 0.15) is 80.1 Å². The van der Waals surface area contributed by atoms with Crippen LogP contribution in [-0.4, -0.2) is 54.2 Å². The van der Waals surface area contributed by atoms with Gasteiger partial charge in [-0.3, -0.25) is 14.4 Å². The maximum atomic E-state index is 13.6. The highest BCUT2D eigenvalue weighted by atomic mass is 16.7. The third kappa shape index (κ3) is 3.73. The summed E-state index contributed by atoms with van der Waals surface area (Å²) in [5.41, 5.74) is 0.0214. The van der Waals surface area contributed by atoms with E-state index in [0.29, 0.717) is 29.7 Å². The second-order valence-corrected chi connectivity index (χ2v) is 13.7. The van der Waals surface area contributed by atoms with Crippen LogP contribution in [0.15, 0.2) is 23.3 Å². The quantitative estimate of drug-likeness (QED) is 0.278. The fourth-order valence-corrected chi connectivity index (χ4v) is 10.1. The topological polar surface area (TPSA) is 108 Å². The van der Waals surface area contributed by atoms with Gasteiger partial charge < -0.3 is 18.9 Å². The fourth-order valence-electron chi connectivity index (χ4n) is 10.1. The van der Waals surface area contributed by atoms with Crippen molar-refractivity contribution >= 4 is 23.7 Å². The average Bonchev–Trinajstić information content (AvgIpc) is 3.51. The summed E-state index contributed by atoms with van der Waals surface area (Å²) in [6.07, 6.45) is 8.18. The van der Waals surface area contributed by atoms with Gasteiger partial charge in [-0.15, -0.1) is 0 Å². The minimum Gasteiger partial charge on any atom is -0.461 e. The monoisotopic (exact) mass is 554 g/mol. The van der Waals surface area contributed by atoms with E-state index in [2.05, 4.69) is 20.8 Å². The van der Waals surface area contributed by atoms with E-state index >= 15 is 0 Å². The summed E-state index contributed by atoms with van der Waals surface area (Å²) in [5.74, 6) is 0.531. The minimum atomic E-state index is -0.741. The van der Waals surface area contributed by atoms with Gasteiger partial charge in [0.1, 0.15) is 18.3 Å². The molecule has 8 heteroatoms. The normalized spacial score (nSPS) is 45.9. The van der Waals surface area contributed by atoms with E-state index in [4.69, 9.17) is 18.9 Å². The highest BCUT2D eigenvalue weighted by molar-refractivity contribution is 5.98. The molecule has 6 aliphatic rings. The molecular formula is C32H42O8. The van der Waals surface area contributed by atoms with Crippen LogP contribution in [0.2, 0.25) is 0 Å². The van der Waals surface area contributed by atoms with Crippen LogP contribution < -0.4 is 0 Å². The molecule has 0 bridgehead atoms. The van der Waals surface area contributed by atoms with Crippen LogP contribution in [-0.2, 0) is 38.1 Å². The van der Waals surface area contributed by atoms with Crippen LogP contribution >= 0.6 is 0 Å². The van der Waals surface area contributed by atoms with Crippen molar-refractivity contribution in [2.24, 2.45) is 40.4 Å². The highest BCUT2D eigenvalue weighted by Gasteiger charge is 2.81. The zero-order chi connectivity index (χ0) is 28.8. The third-order valence-electron chi connectivity index (χ3n) is 12.1. The van der Waals surface area contributed by atoms with Crippen molar-refractivity contribution in [3.8, 4) is 0 Å². The maximum Gasteiger partial charge on any atom is 0.337 e. The smallest absolute Gasteiger partial charge is 0.337 e. The first-order valence-electron chi connectivity index (χ1n) is 14.9. The Hall–Kier alpha value is -2.48. The van der Waals surface area contributed by atoms with Gasteiger partial charge in [0.15, 0.2) is 11.9 Å². The molecule has 0 unspecified atom stereocenters. The van der Waals surface area contributed by atoms with E-state index in [1.807, 2.05) is 6.92 Å². The van der Waals surface area contributed by atoms with Crippen molar-refractivity contribution in [1.82, 2.24) is 0 Å². The second kappa shape index (κ2) is 9.27. The number of cyclic esters (lactones) is 1. The molecule has 0 aromatic heterocycles. The fraction of sp³-hybridized carbons (Fsp3) is 0.750. The van der Waals surface area contributed by atoms with Gasteiger partial charge in [0.2, 0.25) is 0 Å². The maximum absolute atomic E-state index is 13.6. The van der Waals surface area contributed by atoms with E-state index < -0.39 is 23.1 Å². The lowest BCUT2D eigenvalue weighted by atomic mass is 9.44. The first kappa shape index (κ1) is 27.7. The molecule has 1 saturated heterocycles. The van der Waals surface area contributed by atoms with Gasteiger partial charge in [0.05, 0.1) is 17.1 Å².